The molecule has 0 N–H and O–H groups in total. The second-order valence-corrected chi connectivity index (χ2v) is 7.21. The molecule has 1 heteroatoms. The van der Waals surface area contributed by atoms with Crippen LogP contribution in [0.25, 0.3) is 0 Å². The molecule has 0 bridgehead atoms. The van der Waals surface area contributed by atoms with Crippen LogP contribution >= 0.6 is 0 Å². The van der Waals surface area contributed by atoms with E-state index >= 15 is 0 Å². The van der Waals surface area contributed by atoms with Gasteiger partial charge in [0.05, 0.1) is 0 Å². The fourth-order valence-corrected chi connectivity index (χ4v) is 4.71. The van der Waals surface area contributed by atoms with E-state index in [0.717, 1.165) is 13.0 Å². The van der Waals surface area contributed by atoms with Crippen LogP contribution in [0.4, 0.5) is 0 Å². The van der Waals surface area contributed by atoms with Crippen molar-refractivity contribution in [2.24, 2.45) is 11.3 Å². The van der Waals surface area contributed by atoms with Crippen molar-refractivity contribution >= 4 is 0 Å². The Kier molecular flexibility index (Phi) is 4.03. The molecule has 118 valence electrons. The first-order valence-electron chi connectivity index (χ1n) is 8.66. The van der Waals surface area contributed by atoms with Gasteiger partial charge in [0.2, 0.25) is 0 Å². The fraction of sp³-hybridized carbons (Fsp3) is 0.524. The molecule has 0 aromatic carbocycles. The third kappa shape index (κ3) is 2.10. The molecule has 0 radical (unpaired) electrons. The summed E-state index contributed by atoms with van der Waals surface area (Å²) in [5.74, 6) is 0.595. The molecule has 0 amide bonds. The summed E-state index contributed by atoms with van der Waals surface area (Å²) >= 11 is 0. The van der Waals surface area contributed by atoms with Crippen molar-refractivity contribution in [2.45, 2.75) is 39.5 Å². The van der Waals surface area contributed by atoms with Gasteiger partial charge in [0.15, 0.2) is 0 Å². The molecular weight excluding hydrogens is 266 g/mol. The number of allylic oxidation sites excluding steroid dienone is 5. The molecule has 0 fully saturated rings. The lowest BCUT2D eigenvalue weighted by atomic mass is 9.52. The number of rotatable bonds is 4. The van der Waals surface area contributed by atoms with Crippen LogP contribution in [0.15, 0.2) is 59.3 Å². The standard InChI is InChI=1S/C21H29N/c1-6-8-9-17-16(7-2)10-11-19(17)21(4)15(3)18-14-22(5)13-12-20(18)21/h7-9,19H,2-3,6,10-14H2,1,4-5H3/b9-8-. The van der Waals surface area contributed by atoms with Crippen LogP contribution in [0, 0.1) is 11.3 Å². The van der Waals surface area contributed by atoms with Crippen LogP contribution < -0.4 is 0 Å². The Balaban J connectivity index is 1.97. The normalized spacial score (nSPS) is 32.7. The molecule has 0 spiro atoms. The molecule has 2 atom stereocenters. The van der Waals surface area contributed by atoms with Crippen molar-refractivity contribution in [3.8, 4) is 0 Å². The highest BCUT2D eigenvalue weighted by Crippen LogP contribution is 2.62. The Hall–Kier alpha value is -1.34. The highest BCUT2D eigenvalue weighted by atomic mass is 15.1. The lowest BCUT2D eigenvalue weighted by Crippen LogP contribution is -2.47. The van der Waals surface area contributed by atoms with Crippen LogP contribution in [0.1, 0.15) is 39.5 Å². The predicted octanol–water partition coefficient (Wildman–Crippen LogP) is 5.05. The maximum absolute atomic E-state index is 4.49. The minimum atomic E-state index is 0.189. The summed E-state index contributed by atoms with van der Waals surface area (Å²) < 4.78 is 0. The summed E-state index contributed by atoms with van der Waals surface area (Å²) in [5.41, 5.74) is 7.79. The number of hydrogen-bond donors (Lipinski definition) is 0. The Morgan fingerprint density at radius 3 is 2.82 bits per heavy atom. The lowest BCUT2D eigenvalue weighted by molar-refractivity contribution is 0.240. The molecular formula is C21H29N. The summed E-state index contributed by atoms with van der Waals surface area (Å²) in [6, 6.07) is 0. The SMILES string of the molecule is C=CC1=C(/C=C\CC)C(C2(C)C(=C)C3=C2CCN(C)C3)CC1. The Labute approximate surface area is 135 Å². The van der Waals surface area contributed by atoms with Crippen LogP contribution in [0.3, 0.4) is 0 Å². The van der Waals surface area contributed by atoms with E-state index in [4.69, 9.17) is 0 Å². The summed E-state index contributed by atoms with van der Waals surface area (Å²) in [7, 11) is 2.22. The molecule has 1 nitrogen and oxygen atoms in total. The maximum atomic E-state index is 4.49. The van der Waals surface area contributed by atoms with Crippen molar-refractivity contribution in [2.75, 3.05) is 20.1 Å². The minimum Gasteiger partial charge on any atom is -0.302 e. The van der Waals surface area contributed by atoms with Gasteiger partial charge in [-0.15, -0.1) is 0 Å². The number of nitrogens with zero attached hydrogens (tertiary/aromatic N) is 1. The smallest absolute Gasteiger partial charge is 0.0233 e. The number of hydrogen-bond acceptors (Lipinski definition) is 1. The third-order valence-corrected chi connectivity index (χ3v) is 6.08. The van der Waals surface area contributed by atoms with Gasteiger partial charge in [0.25, 0.3) is 0 Å². The second kappa shape index (κ2) is 5.70. The van der Waals surface area contributed by atoms with E-state index in [1.165, 1.54) is 42.5 Å². The van der Waals surface area contributed by atoms with Gasteiger partial charge >= 0.3 is 0 Å². The molecule has 0 saturated carbocycles. The monoisotopic (exact) mass is 295 g/mol. The summed E-state index contributed by atoms with van der Waals surface area (Å²) in [6.45, 7) is 15.4. The van der Waals surface area contributed by atoms with Gasteiger partial charge in [-0.1, -0.05) is 50.8 Å². The van der Waals surface area contributed by atoms with Gasteiger partial charge in [0, 0.05) is 18.5 Å². The zero-order chi connectivity index (χ0) is 15.9. The molecule has 0 aromatic rings. The topological polar surface area (TPSA) is 3.24 Å². The summed E-state index contributed by atoms with van der Waals surface area (Å²) in [5, 5.41) is 0. The van der Waals surface area contributed by atoms with Gasteiger partial charge in [-0.2, -0.15) is 0 Å². The largest absolute Gasteiger partial charge is 0.302 e. The zero-order valence-electron chi connectivity index (χ0n) is 14.4. The fourth-order valence-electron chi connectivity index (χ4n) is 4.71. The molecule has 1 heterocycles. The Bertz CT molecular complexity index is 601. The van der Waals surface area contributed by atoms with E-state index in [1.54, 1.807) is 11.1 Å². The van der Waals surface area contributed by atoms with Crippen molar-refractivity contribution in [3.05, 3.63) is 59.3 Å². The van der Waals surface area contributed by atoms with E-state index in [0.29, 0.717) is 5.92 Å². The van der Waals surface area contributed by atoms with Crippen LogP contribution in [-0.4, -0.2) is 25.0 Å². The molecule has 0 saturated heterocycles. The summed E-state index contributed by atoms with van der Waals surface area (Å²) in [6.07, 6.45) is 11.5. The zero-order valence-corrected chi connectivity index (χ0v) is 14.4. The maximum Gasteiger partial charge on any atom is 0.0233 e. The highest BCUT2D eigenvalue weighted by Gasteiger charge is 2.52. The second-order valence-electron chi connectivity index (χ2n) is 7.21. The minimum absolute atomic E-state index is 0.189. The van der Waals surface area contributed by atoms with Gasteiger partial charge in [0.1, 0.15) is 0 Å². The average molecular weight is 295 g/mol. The van der Waals surface area contributed by atoms with Crippen molar-refractivity contribution in [1.29, 1.82) is 0 Å². The van der Waals surface area contributed by atoms with Gasteiger partial charge in [-0.05, 0) is 60.9 Å². The third-order valence-electron chi connectivity index (χ3n) is 6.08. The van der Waals surface area contributed by atoms with E-state index in [1.807, 2.05) is 0 Å². The van der Waals surface area contributed by atoms with Crippen LogP contribution in [-0.2, 0) is 0 Å². The Morgan fingerprint density at radius 2 is 2.14 bits per heavy atom. The molecule has 2 unspecified atom stereocenters. The Morgan fingerprint density at radius 1 is 1.36 bits per heavy atom. The number of likely N-dealkylation sites (tertiary alicyclic amines) is 1. The molecule has 22 heavy (non-hydrogen) atoms. The lowest BCUT2D eigenvalue weighted by Gasteiger charge is -2.54. The van der Waals surface area contributed by atoms with Gasteiger partial charge in [-0.3, -0.25) is 0 Å². The first-order chi connectivity index (χ1) is 10.5. The molecule has 0 aromatic heterocycles. The first kappa shape index (κ1) is 15.6. The van der Waals surface area contributed by atoms with Crippen molar-refractivity contribution < 1.29 is 0 Å². The van der Waals surface area contributed by atoms with E-state index < -0.39 is 0 Å². The average Bonchev–Trinajstić information content (AvgIpc) is 2.94. The highest BCUT2D eigenvalue weighted by molar-refractivity contribution is 5.60. The summed E-state index contributed by atoms with van der Waals surface area (Å²) in [4.78, 5) is 2.42. The number of likely N-dealkylation sites (N-methyl/N-ethyl adjacent to an activating group) is 1. The van der Waals surface area contributed by atoms with Crippen LogP contribution in [0.2, 0.25) is 0 Å². The molecule has 3 rings (SSSR count). The van der Waals surface area contributed by atoms with Gasteiger partial charge in [-0.25, -0.2) is 0 Å². The first-order valence-corrected chi connectivity index (χ1v) is 8.66. The molecule has 2 aliphatic carbocycles. The molecule has 3 aliphatic rings. The van der Waals surface area contributed by atoms with E-state index in [-0.39, 0.29) is 5.41 Å². The van der Waals surface area contributed by atoms with Gasteiger partial charge < -0.3 is 4.90 Å². The van der Waals surface area contributed by atoms with Crippen molar-refractivity contribution in [1.82, 2.24) is 4.90 Å². The molecule has 1 aliphatic heterocycles. The van der Waals surface area contributed by atoms with Crippen LogP contribution in [0.5, 0.6) is 0 Å². The van der Waals surface area contributed by atoms with E-state index in [9.17, 15) is 0 Å². The quantitative estimate of drug-likeness (QED) is 0.701. The van der Waals surface area contributed by atoms with E-state index in [2.05, 4.69) is 57.2 Å². The predicted molar refractivity (Wildman–Crippen MR) is 95.8 cm³/mol. The van der Waals surface area contributed by atoms with Crippen molar-refractivity contribution in [3.63, 3.8) is 0 Å².